The van der Waals surface area contributed by atoms with Gasteiger partial charge < -0.3 is 10.0 Å². The van der Waals surface area contributed by atoms with Crippen molar-refractivity contribution in [1.82, 2.24) is 25.0 Å². The van der Waals surface area contributed by atoms with E-state index in [0.29, 0.717) is 44.7 Å². The van der Waals surface area contributed by atoms with Gasteiger partial charge >= 0.3 is 11.7 Å². The van der Waals surface area contributed by atoms with Crippen LogP contribution in [0.5, 0.6) is 0 Å². The van der Waals surface area contributed by atoms with Gasteiger partial charge in [0.05, 0.1) is 0 Å². The van der Waals surface area contributed by atoms with Crippen LogP contribution in [0.25, 0.3) is 0 Å². The van der Waals surface area contributed by atoms with Gasteiger partial charge in [0.2, 0.25) is 5.82 Å². The maximum absolute atomic E-state index is 14.0. The molecule has 0 bridgehead atoms. The molecule has 154 valence electrons. The predicted octanol–water partition coefficient (Wildman–Crippen LogP) is 0.676. The molecule has 2 atom stereocenters. The number of benzene rings is 1. The Hall–Kier alpha value is -3.01. The van der Waals surface area contributed by atoms with Crippen LogP contribution in [0.4, 0.5) is 4.39 Å². The van der Waals surface area contributed by atoms with E-state index in [1.54, 1.807) is 23.1 Å². The minimum absolute atomic E-state index is 0.00526. The molecular weight excluding hydrogens is 381 g/mol. The molecule has 3 N–H and O–H groups in total. The Morgan fingerprint density at radius 3 is 2.76 bits per heavy atom. The summed E-state index contributed by atoms with van der Waals surface area (Å²) in [5.74, 6) is -1.50. The minimum atomic E-state index is -0.882. The van der Waals surface area contributed by atoms with Gasteiger partial charge in [-0.25, -0.2) is 14.3 Å². The number of halogens is 1. The van der Waals surface area contributed by atoms with Crippen LogP contribution >= 0.6 is 0 Å². The summed E-state index contributed by atoms with van der Waals surface area (Å²) in [4.78, 5) is 41.2. The summed E-state index contributed by atoms with van der Waals surface area (Å²) in [6.45, 7) is 2.50. The summed E-state index contributed by atoms with van der Waals surface area (Å²) in [7, 11) is 0. The SMILES string of the molecule is O=C(O)CCC12CN(Cc3ccccc3F)CC1CN(C(=O)c1n[nH]c(=O)[nH]1)C2. The van der Waals surface area contributed by atoms with E-state index in [9.17, 15) is 23.9 Å². The molecule has 2 saturated heterocycles. The van der Waals surface area contributed by atoms with Crippen molar-refractivity contribution in [3.05, 3.63) is 52.0 Å². The molecule has 29 heavy (non-hydrogen) atoms. The van der Waals surface area contributed by atoms with Crippen LogP contribution in [0.2, 0.25) is 0 Å². The van der Waals surface area contributed by atoms with Crippen LogP contribution in [0.15, 0.2) is 29.1 Å². The number of nitrogens with one attached hydrogen (secondary N) is 2. The van der Waals surface area contributed by atoms with Crippen LogP contribution in [0.3, 0.4) is 0 Å². The lowest BCUT2D eigenvalue weighted by atomic mass is 9.77. The number of carbonyl (C=O) groups excluding carboxylic acids is 1. The summed E-state index contributed by atoms with van der Waals surface area (Å²) in [6.07, 6.45) is 0.437. The smallest absolute Gasteiger partial charge is 0.341 e. The molecule has 2 unspecified atom stereocenters. The third-order valence-corrected chi connectivity index (χ3v) is 6.01. The number of aromatic nitrogens is 3. The lowest BCUT2D eigenvalue weighted by molar-refractivity contribution is -0.137. The second-order valence-corrected chi connectivity index (χ2v) is 7.93. The first kappa shape index (κ1) is 19.3. The van der Waals surface area contributed by atoms with Gasteiger partial charge in [-0.15, -0.1) is 5.10 Å². The molecule has 2 aromatic rings. The molecule has 10 heteroatoms. The van der Waals surface area contributed by atoms with Gasteiger partial charge in [0.25, 0.3) is 5.91 Å². The first-order chi connectivity index (χ1) is 13.9. The highest BCUT2D eigenvalue weighted by atomic mass is 19.1. The van der Waals surface area contributed by atoms with E-state index >= 15 is 0 Å². The highest BCUT2D eigenvalue weighted by Gasteiger charge is 2.53. The third-order valence-electron chi connectivity index (χ3n) is 6.01. The zero-order chi connectivity index (χ0) is 20.6. The van der Waals surface area contributed by atoms with Gasteiger partial charge in [0.15, 0.2) is 0 Å². The summed E-state index contributed by atoms with van der Waals surface area (Å²) in [5.41, 5.74) is -0.331. The number of fused-ring (bicyclic) bond motifs is 1. The lowest BCUT2D eigenvalue weighted by Crippen LogP contribution is -2.37. The average molecular weight is 403 g/mol. The van der Waals surface area contributed by atoms with Gasteiger partial charge in [0.1, 0.15) is 5.82 Å². The van der Waals surface area contributed by atoms with Crippen molar-refractivity contribution in [2.24, 2.45) is 11.3 Å². The zero-order valence-corrected chi connectivity index (χ0v) is 15.7. The summed E-state index contributed by atoms with van der Waals surface area (Å²) in [5, 5.41) is 15.1. The molecule has 2 aliphatic heterocycles. The number of aromatic amines is 2. The summed E-state index contributed by atoms with van der Waals surface area (Å²) < 4.78 is 14.0. The fourth-order valence-corrected chi connectivity index (χ4v) is 4.67. The first-order valence-corrected chi connectivity index (χ1v) is 9.48. The number of carboxylic acid groups (broad SMARTS) is 1. The normalized spacial score (nSPS) is 24.0. The molecule has 0 aliphatic carbocycles. The maximum Gasteiger partial charge on any atom is 0.341 e. The molecule has 1 aromatic carbocycles. The number of nitrogens with zero attached hydrogens (tertiary/aromatic N) is 3. The highest BCUT2D eigenvalue weighted by Crippen LogP contribution is 2.46. The quantitative estimate of drug-likeness (QED) is 0.652. The van der Waals surface area contributed by atoms with Crippen LogP contribution in [-0.2, 0) is 11.3 Å². The van der Waals surface area contributed by atoms with Crippen molar-refractivity contribution in [2.75, 3.05) is 26.2 Å². The highest BCUT2D eigenvalue weighted by molar-refractivity contribution is 5.90. The van der Waals surface area contributed by atoms with Gasteiger partial charge in [-0.05, 0) is 18.4 Å². The number of likely N-dealkylation sites (tertiary alicyclic amines) is 2. The number of amides is 1. The Kier molecular flexibility index (Phi) is 4.95. The Bertz CT molecular complexity index is 989. The molecule has 0 saturated carbocycles. The summed E-state index contributed by atoms with van der Waals surface area (Å²) >= 11 is 0. The van der Waals surface area contributed by atoms with Gasteiger partial charge in [0, 0.05) is 50.1 Å². The largest absolute Gasteiger partial charge is 0.481 e. The van der Waals surface area contributed by atoms with Crippen molar-refractivity contribution in [1.29, 1.82) is 0 Å². The Morgan fingerprint density at radius 1 is 1.28 bits per heavy atom. The fourth-order valence-electron chi connectivity index (χ4n) is 4.67. The van der Waals surface area contributed by atoms with E-state index in [-0.39, 0.29) is 35.3 Å². The molecular formula is C19H22FN5O4. The van der Waals surface area contributed by atoms with Crippen molar-refractivity contribution in [3.63, 3.8) is 0 Å². The second-order valence-electron chi connectivity index (χ2n) is 7.93. The van der Waals surface area contributed by atoms with Crippen LogP contribution in [0.1, 0.15) is 29.0 Å². The molecule has 0 spiro atoms. The Balaban J connectivity index is 1.51. The van der Waals surface area contributed by atoms with E-state index in [1.165, 1.54) is 6.07 Å². The number of H-pyrrole nitrogens is 2. The maximum atomic E-state index is 14.0. The average Bonchev–Trinajstić information content (AvgIpc) is 3.34. The molecule has 2 aliphatic rings. The van der Waals surface area contributed by atoms with E-state index in [1.807, 2.05) is 0 Å². The van der Waals surface area contributed by atoms with Crippen molar-refractivity contribution in [2.45, 2.75) is 19.4 Å². The van der Waals surface area contributed by atoms with E-state index in [2.05, 4.69) is 20.1 Å². The Labute approximate surface area is 165 Å². The predicted molar refractivity (Wildman–Crippen MR) is 99.6 cm³/mol. The monoisotopic (exact) mass is 403 g/mol. The topological polar surface area (TPSA) is 122 Å². The van der Waals surface area contributed by atoms with Gasteiger partial charge in [-0.2, -0.15) is 0 Å². The van der Waals surface area contributed by atoms with E-state index in [4.69, 9.17) is 0 Å². The van der Waals surface area contributed by atoms with Gasteiger partial charge in [-0.1, -0.05) is 18.2 Å². The molecule has 1 amide bonds. The molecule has 9 nitrogen and oxygen atoms in total. The standard InChI is InChI=1S/C19H22FN5O4/c20-14-4-2-1-3-12(14)7-24-8-13-9-25(17(28)16-21-18(29)23-22-16)11-19(13,10-24)6-5-15(26)27/h1-4,13H,5-11H2,(H,26,27)(H2,21,22,23,29). The number of hydrogen-bond acceptors (Lipinski definition) is 5. The number of aliphatic carboxylic acids is 1. The van der Waals surface area contributed by atoms with Crippen LogP contribution in [0, 0.1) is 17.2 Å². The van der Waals surface area contributed by atoms with E-state index < -0.39 is 11.7 Å². The molecule has 0 radical (unpaired) electrons. The summed E-state index contributed by atoms with van der Waals surface area (Å²) in [6, 6.07) is 6.61. The number of rotatable bonds is 6. The van der Waals surface area contributed by atoms with Crippen LogP contribution in [-0.4, -0.2) is 68.1 Å². The molecule has 2 fully saturated rings. The fraction of sp³-hybridized carbons (Fsp3) is 0.474. The molecule has 4 rings (SSSR count). The second kappa shape index (κ2) is 7.43. The molecule has 3 heterocycles. The lowest BCUT2D eigenvalue weighted by Gasteiger charge is -2.29. The Morgan fingerprint density at radius 2 is 2.07 bits per heavy atom. The van der Waals surface area contributed by atoms with Crippen molar-refractivity contribution in [3.8, 4) is 0 Å². The first-order valence-electron chi connectivity index (χ1n) is 9.48. The number of carbonyl (C=O) groups is 2. The van der Waals surface area contributed by atoms with Gasteiger partial charge in [-0.3, -0.25) is 19.5 Å². The minimum Gasteiger partial charge on any atom is -0.481 e. The van der Waals surface area contributed by atoms with Crippen molar-refractivity contribution < 1.29 is 19.1 Å². The molecule has 1 aromatic heterocycles. The van der Waals surface area contributed by atoms with E-state index in [0.717, 1.165) is 0 Å². The third kappa shape index (κ3) is 3.80. The number of carboxylic acids is 1. The zero-order valence-electron chi connectivity index (χ0n) is 15.7. The van der Waals surface area contributed by atoms with Crippen LogP contribution < -0.4 is 5.69 Å². The van der Waals surface area contributed by atoms with Crippen molar-refractivity contribution >= 4 is 11.9 Å². The number of hydrogen-bond donors (Lipinski definition) is 3.